The molecule has 0 saturated heterocycles. The first-order valence-corrected chi connectivity index (χ1v) is 11.9. The lowest BCUT2D eigenvalue weighted by Crippen LogP contribution is -2.59. The summed E-state index contributed by atoms with van der Waals surface area (Å²) in [6.07, 6.45) is -1.07. The van der Waals surface area contributed by atoms with Gasteiger partial charge in [-0.25, -0.2) is 0 Å². The maximum Gasteiger partial charge on any atom is 0.322 e. The Balaban J connectivity index is 2.86. The maximum absolute atomic E-state index is 13.1. The molecule has 0 saturated carbocycles. The number of hydrogen-bond acceptors (Lipinski definition) is 8. The number of nitrogens with one attached hydrogen (secondary N) is 5. The number of carbonyl (C=O) groups excluding carboxylic acids is 5. The van der Waals surface area contributed by atoms with Crippen molar-refractivity contribution >= 4 is 35.5 Å². The highest BCUT2D eigenvalue weighted by Gasteiger charge is 2.31. The number of rotatable bonds is 15. The molecule has 1 rings (SSSR count). The predicted octanol–water partition coefficient (Wildman–Crippen LogP) is -3.00. The zero-order valence-electron chi connectivity index (χ0n) is 21.5. The molecule has 0 unspecified atom stereocenters. The van der Waals surface area contributed by atoms with Gasteiger partial charge >= 0.3 is 5.97 Å². The summed E-state index contributed by atoms with van der Waals surface area (Å²) < 4.78 is 0. The van der Waals surface area contributed by atoms with Crippen molar-refractivity contribution in [2.75, 3.05) is 19.6 Å². The second-order valence-electron chi connectivity index (χ2n) is 8.91. The molecular weight excluding hydrogens is 500 g/mol. The molecule has 4 atom stereocenters. The number of carbonyl (C=O) groups is 6. The normalized spacial score (nSPS) is 13.8. The number of benzene rings is 1. The first-order valence-electron chi connectivity index (χ1n) is 11.9. The molecule has 0 fully saturated rings. The summed E-state index contributed by atoms with van der Waals surface area (Å²) in [5, 5.41) is 29.9. The van der Waals surface area contributed by atoms with Gasteiger partial charge in [-0.3, -0.25) is 28.8 Å². The monoisotopic (exact) mass is 536 g/mol. The molecule has 0 aromatic heterocycles. The summed E-state index contributed by atoms with van der Waals surface area (Å²) in [6.45, 7) is 3.10. The molecular formula is C24H36N6O8. The smallest absolute Gasteiger partial charge is 0.322 e. The van der Waals surface area contributed by atoms with E-state index >= 15 is 0 Å². The Kier molecular flexibility index (Phi) is 13.4. The number of amides is 5. The summed E-state index contributed by atoms with van der Waals surface area (Å²) in [5.74, 6) is -5.16. The first kappa shape index (κ1) is 32.0. The quantitative estimate of drug-likeness (QED) is 0.114. The van der Waals surface area contributed by atoms with Crippen LogP contribution in [0.4, 0.5) is 0 Å². The third-order valence-electron chi connectivity index (χ3n) is 5.29. The molecule has 0 spiro atoms. The molecule has 0 heterocycles. The van der Waals surface area contributed by atoms with Crippen LogP contribution in [0.3, 0.4) is 0 Å². The van der Waals surface area contributed by atoms with Crippen molar-refractivity contribution in [3.05, 3.63) is 35.9 Å². The van der Waals surface area contributed by atoms with Crippen molar-refractivity contribution in [3.63, 3.8) is 0 Å². The number of carboxylic acids is 1. The Morgan fingerprint density at radius 3 is 1.87 bits per heavy atom. The Morgan fingerprint density at radius 1 is 0.789 bits per heavy atom. The van der Waals surface area contributed by atoms with E-state index in [1.54, 1.807) is 44.2 Å². The van der Waals surface area contributed by atoms with Gasteiger partial charge < -0.3 is 42.5 Å². The Morgan fingerprint density at radius 2 is 1.34 bits per heavy atom. The van der Waals surface area contributed by atoms with Crippen molar-refractivity contribution in [2.45, 2.75) is 51.4 Å². The number of carboxylic acid groups (broad SMARTS) is 1. The lowest BCUT2D eigenvalue weighted by Gasteiger charge is -2.26. The molecule has 210 valence electrons. The number of aliphatic carboxylic acids is 1. The predicted molar refractivity (Wildman–Crippen MR) is 135 cm³/mol. The Labute approximate surface area is 220 Å². The van der Waals surface area contributed by atoms with Crippen molar-refractivity contribution in [2.24, 2.45) is 11.7 Å². The van der Waals surface area contributed by atoms with Gasteiger partial charge in [-0.15, -0.1) is 0 Å². The Hall–Kier alpha value is -4.04. The van der Waals surface area contributed by atoms with E-state index in [1.165, 1.54) is 6.92 Å². The lowest BCUT2D eigenvalue weighted by atomic mass is 10.00. The standard InChI is InChI=1S/C24H36N6O8/c1-13(2)21(30-23(37)20(25)14(3)31)24(38)29-16(9-15-7-5-4-6-8-15)22(36)28-11-18(33)26-10-17(32)27-12-19(34)35/h4-8,13-14,16,20-21,31H,9-12,25H2,1-3H3,(H,26,33)(H,27,32)(H,28,36)(H,29,38)(H,30,37)(H,34,35)/t14-,16+,20+,21+/m1/s1. The van der Waals surface area contributed by atoms with Gasteiger partial charge in [0.1, 0.15) is 24.7 Å². The number of hydrogen-bond donors (Lipinski definition) is 8. The van der Waals surface area contributed by atoms with Crippen molar-refractivity contribution < 1.29 is 39.0 Å². The first-order chi connectivity index (χ1) is 17.8. The van der Waals surface area contributed by atoms with Gasteiger partial charge in [0.15, 0.2) is 0 Å². The highest BCUT2D eigenvalue weighted by Crippen LogP contribution is 2.07. The van der Waals surface area contributed by atoms with Crippen LogP contribution in [0.15, 0.2) is 30.3 Å². The second kappa shape index (κ2) is 15.9. The highest BCUT2D eigenvalue weighted by molar-refractivity contribution is 5.95. The van der Waals surface area contributed by atoms with Crippen LogP contribution in [-0.2, 0) is 35.2 Å². The minimum Gasteiger partial charge on any atom is -0.480 e. The van der Waals surface area contributed by atoms with E-state index in [2.05, 4.69) is 26.6 Å². The SMILES string of the molecule is CC(C)[C@H](NC(=O)[C@@H](N)[C@@H](C)O)C(=O)N[C@@H](Cc1ccccc1)C(=O)NCC(=O)NCC(=O)NCC(=O)O. The molecule has 0 aliphatic carbocycles. The maximum atomic E-state index is 13.1. The molecule has 1 aromatic rings. The highest BCUT2D eigenvalue weighted by atomic mass is 16.4. The molecule has 0 radical (unpaired) electrons. The zero-order valence-corrected chi connectivity index (χ0v) is 21.5. The van der Waals surface area contributed by atoms with Crippen molar-refractivity contribution in [1.29, 1.82) is 0 Å². The molecule has 0 bridgehead atoms. The third kappa shape index (κ3) is 11.8. The van der Waals surface area contributed by atoms with Gasteiger partial charge in [0.2, 0.25) is 29.5 Å². The summed E-state index contributed by atoms with van der Waals surface area (Å²) in [7, 11) is 0. The zero-order chi connectivity index (χ0) is 28.8. The summed E-state index contributed by atoms with van der Waals surface area (Å²) in [5.41, 5.74) is 6.37. The van der Waals surface area contributed by atoms with E-state index in [9.17, 15) is 33.9 Å². The Bertz CT molecular complexity index is 985. The van der Waals surface area contributed by atoms with Crippen molar-refractivity contribution in [3.8, 4) is 0 Å². The van der Waals surface area contributed by atoms with Crippen LogP contribution in [0.1, 0.15) is 26.3 Å². The number of aliphatic hydroxyl groups is 1. The average molecular weight is 537 g/mol. The molecule has 0 aliphatic rings. The van der Waals surface area contributed by atoms with E-state index < -0.39 is 85.3 Å². The van der Waals surface area contributed by atoms with Crippen LogP contribution >= 0.6 is 0 Å². The van der Waals surface area contributed by atoms with Crippen LogP contribution in [0.25, 0.3) is 0 Å². The fourth-order valence-corrected chi connectivity index (χ4v) is 3.09. The molecule has 14 heteroatoms. The van der Waals surface area contributed by atoms with Gasteiger partial charge in [0.05, 0.1) is 19.2 Å². The van der Waals surface area contributed by atoms with Gasteiger partial charge in [0, 0.05) is 6.42 Å². The average Bonchev–Trinajstić information content (AvgIpc) is 2.86. The van der Waals surface area contributed by atoms with E-state index in [0.717, 1.165) is 0 Å². The second-order valence-corrected chi connectivity index (χ2v) is 8.91. The van der Waals surface area contributed by atoms with Gasteiger partial charge in [0.25, 0.3) is 0 Å². The van der Waals surface area contributed by atoms with Crippen LogP contribution < -0.4 is 32.3 Å². The minimum atomic E-state index is -1.25. The van der Waals surface area contributed by atoms with Crippen LogP contribution in [0, 0.1) is 5.92 Å². The number of aliphatic hydroxyl groups excluding tert-OH is 1. The van der Waals surface area contributed by atoms with Crippen LogP contribution in [-0.4, -0.2) is 89.6 Å². The molecule has 14 nitrogen and oxygen atoms in total. The summed E-state index contributed by atoms with van der Waals surface area (Å²) in [4.78, 5) is 72.3. The van der Waals surface area contributed by atoms with Crippen LogP contribution in [0.2, 0.25) is 0 Å². The van der Waals surface area contributed by atoms with Gasteiger partial charge in [-0.2, -0.15) is 0 Å². The molecule has 1 aromatic carbocycles. The minimum absolute atomic E-state index is 0.0730. The molecule has 5 amide bonds. The topological polar surface area (TPSA) is 229 Å². The molecule has 38 heavy (non-hydrogen) atoms. The van der Waals surface area contributed by atoms with Gasteiger partial charge in [-0.1, -0.05) is 44.2 Å². The molecule has 0 aliphatic heterocycles. The van der Waals surface area contributed by atoms with Crippen molar-refractivity contribution in [1.82, 2.24) is 26.6 Å². The van der Waals surface area contributed by atoms with E-state index in [4.69, 9.17) is 10.8 Å². The number of nitrogens with two attached hydrogens (primary N) is 1. The largest absolute Gasteiger partial charge is 0.480 e. The molecule has 9 N–H and O–H groups in total. The van der Waals surface area contributed by atoms with Gasteiger partial charge in [-0.05, 0) is 18.4 Å². The van der Waals surface area contributed by atoms with E-state index in [-0.39, 0.29) is 6.42 Å². The lowest BCUT2D eigenvalue weighted by molar-refractivity contribution is -0.138. The third-order valence-corrected chi connectivity index (χ3v) is 5.29. The van der Waals surface area contributed by atoms with E-state index in [0.29, 0.717) is 5.56 Å². The fourth-order valence-electron chi connectivity index (χ4n) is 3.09. The van der Waals surface area contributed by atoms with Crippen LogP contribution in [0.5, 0.6) is 0 Å². The fraction of sp³-hybridized carbons (Fsp3) is 0.500. The summed E-state index contributed by atoms with van der Waals surface area (Å²) in [6, 6.07) is 5.34. The van der Waals surface area contributed by atoms with E-state index in [1.807, 2.05) is 0 Å². The summed E-state index contributed by atoms with van der Waals surface area (Å²) >= 11 is 0.